The number of aliphatic hydroxyl groups is 1. The summed E-state index contributed by atoms with van der Waals surface area (Å²) in [5, 5.41) is 20.7. The van der Waals surface area contributed by atoms with Gasteiger partial charge in [0.05, 0.1) is 11.9 Å². The topological polar surface area (TPSA) is 156 Å². The monoisotopic (exact) mass is 444 g/mol. The smallest absolute Gasteiger partial charge is 0.338 e. The molecule has 27 heavy (non-hydrogen) atoms. The Morgan fingerprint density at radius 1 is 1.22 bits per heavy atom. The number of amides is 1. The van der Waals surface area contributed by atoms with Crippen LogP contribution in [0.1, 0.15) is 18.4 Å². The Hall–Kier alpha value is -2.30. The van der Waals surface area contributed by atoms with Gasteiger partial charge in [0.2, 0.25) is 5.54 Å². The molecule has 0 heterocycles. The molecule has 0 fully saturated rings. The van der Waals surface area contributed by atoms with Gasteiger partial charge in [-0.1, -0.05) is 46.3 Å². The predicted octanol–water partition coefficient (Wildman–Crippen LogP) is -0.267. The number of nitrogens with one attached hydrogen (secondary N) is 1. The quantitative estimate of drug-likeness (QED) is 0.206. The standard InChI is InChI=1S/C17H21BrN2O7/c18-8-12(22)6-7-13(14(23)24)20-15(25)17(19,10-21)16(26)27-9-11-4-2-1-3-5-11/h1-5,13,21H,6-10,19H2,(H,20,25)(H,23,24)/t13-,17-/m0/s1. The van der Waals surface area contributed by atoms with Crippen molar-refractivity contribution in [2.45, 2.75) is 31.0 Å². The van der Waals surface area contributed by atoms with Gasteiger partial charge in [0.25, 0.3) is 5.91 Å². The van der Waals surface area contributed by atoms with Crippen molar-refractivity contribution in [1.82, 2.24) is 5.32 Å². The molecule has 1 aromatic carbocycles. The van der Waals surface area contributed by atoms with E-state index < -0.39 is 36.0 Å². The molecule has 0 aromatic heterocycles. The molecule has 10 heteroatoms. The van der Waals surface area contributed by atoms with Crippen molar-refractivity contribution in [2.24, 2.45) is 5.73 Å². The summed E-state index contributed by atoms with van der Waals surface area (Å²) in [7, 11) is 0. The van der Waals surface area contributed by atoms with Crippen molar-refractivity contribution in [3.05, 3.63) is 35.9 Å². The van der Waals surface area contributed by atoms with Gasteiger partial charge in [-0.3, -0.25) is 9.59 Å². The van der Waals surface area contributed by atoms with Crippen LogP contribution in [0, 0.1) is 0 Å². The van der Waals surface area contributed by atoms with E-state index in [0.717, 1.165) is 0 Å². The fourth-order valence-electron chi connectivity index (χ4n) is 2.00. The molecule has 0 aliphatic rings. The van der Waals surface area contributed by atoms with E-state index in [1.807, 2.05) is 0 Å². The van der Waals surface area contributed by atoms with Crippen molar-refractivity contribution in [2.75, 3.05) is 11.9 Å². The number of carboxylic acids is 1. The number of nitrogens with two attached hydrogens (primary N) is 1. The number of aliphatic carboxylic acids is 1. The summed E-state index contributed by atoms with van der Waals surface area (Å²) in [6.45, 7) is -1.26. The second-order valence-corrected chi connectivity index (χ2v) is 6.33. The zero-order valence-corrected chi connectivity index (χ0v) is 16.0. The van der Waals surface area contributed by atoms with E-state index in [4.69, 9.17) is 10.5 Å². The lowest BCUT2D eigenvalue weighted by Gasteiger charge is -2.26. The first kappa shape index (κ1) is 22.7. The molecule has 0 saturated heterocycles. The number of esters is 1. The molecular formula is C17H21BrN2O7. The Bertz CT molecular complexity index is 683. The van der Waals surface area contributed by atoms with Gasteiger partial charge in [-0.15, -0.1) is 0 Å². The average Bonchev–Trinajstić information content (AvgIpc) is 2.68. The molecule has 0 spiro atoms. The van der Waals surface area contributed by atoms with Gasteiger partial charge < -0.3 is 26.0 Å². The second kappa shape index (κ2) is 10.8. The number of carbonyl (C=O) groups is 4. The van der Waals surface area contributed by atoms with Gasteiger partial charge in [-0.05, 0) is 12.0 Å². The molecule has 1 amide bonds. The minimum atomic E-state index is -2.47. The van der Waals surface area contributed by atoms with Crippen molar-refractivity contribution >= 4 is 39.6 Å². The number of ketones is 1. The highest BCUT2D eigenvalue weighted by molar-refractivity contribution is 9.09. The highest BCUT2D eigenvalue weighted by Gasteiger charge is 2.44. The zero-order valence-electron chi connectivity index (χ0n) is 14.4. The molecule has 0 saturated carbocycles. The number of benzene rings is 1. The molecule has 148 valence electrons. The molecule has 0 aliphatic heterocycles. The van der Waals surface area contributed by atoms with Crippen LogP contribution in [-0.2, 0) is 30.5 Å². The highest BCUT2D eigenvalue weighted by Crippen LogP contribution is 2.10. The second-order valence-electron chi connectivity index (χ2n) is 5.77. The average molecular weight is 445 g/mol. The molecule has 1 rings (SSSR count). The van der Waals surface area contributed by atoms with Crippen LogP contribution in [0.25, 0.3) is 0 Å². The van der Waals surface area contributed by atoms with Crippen molar-refractivity contribution in [1.29, 1.82) is 0 Å². The van der Waals surface area contributed by atoms with E-state index in [1.54, 1.807) is 30.3 Å². The summed E-state index contributed by atoms with van der Waals surface area (Å²) in [6.07, 6.45) is -0.288. The van der Waals surface area contributed by atoms with Crippen LogP contribution in [0.4, 0.5) is 0 Å². The van der Waals surface area contributed by atoms with Crippen LogP contribution in [-0.4, -0.2) is 57.4 Å². The van der Waals surface area contributed by atoms with Gasteiger partial charge in [0, 0.05) is 6.42 Å². The van der Waals surface area contributed by atoms with Crippen molar-refractivity contribution in [3.8, 4) is 0 Å². The first-order valence-electron chi connectivity index (χ1n) is 7.97. The van der Waals surface area contributed by atoms with Crippen LogP contribution in [0.3, 0.4) is 0 Å². The van der Waals surface area contributed by atoms with Crippen molar-refractivity contribution < 1.29 is 34.1 Å². The van der Waals surface area contributed by atoms with Crippen LogP contribution in [0.2, 0.25) is 0 Å². The molecule has 0 bridgehead atoms. The third-order valence-electron chi connectivity index (χ3n) is 3.70. The third kappa shape index (κ3) is 6.74. The van der Waals surface area contributed by atoms with E-state index in [1.165, 1.54) is 0 Å². The number of Topliss-reactive ketones (excluding diaryl/α,β-unsaturated/α-hetero) is 1. The molecule has 5 N–H and O–H groups in total. The minimum Gasteiger partial charge on any atom is -0.480 e. The molecule has 0 radical (unpaired) electrons. The maximum absolute atomic E-state index is 12.3. The Kier molecular flexibility index (Phi) is 9.06. The van der Waals surface area contributed by atoms with E-state index in [-0.39, 0.29) is 30.6 Å². The molecule has 2 atom stereocenters. The molecular weight excluding hydrogens is 424 g/mol. The van der Waals surface area contributed by atoms with Crippen molar-refractivity contribution in [3.63, 3.8) is 0 Å². The number of carbonyl (C=O) groups excluding carboxylic acids is 3. The summed E-state index contributed by atoms with van der Waals surface area (Å²) in [5.41, 5.74) is 3.85. The Morgan fingerprint density at radius 2 is 1.85 bits per heavy atom. The van der Waals surface area contributed by atoms with Gasteiger partial charge >= 0.3 is 11.9 Å². The van der Waals surface area contributed by atoms with Gasteiger partial charge in [-0.2, -0.15) is 0 Å². The minimum absolute atomic E-state index is 0.0521. The number of carboxylic acid groups (broad SMARTS) is 1. The molecule has 9 nitrogen and oxygen atoms in total. The normalized spacial score (nSPS) is 13.9. The predicted molar refractivity (Wildman–Crippen MR) is 97.8 cm³/mol. The number of aliphatic hydroxyl groups excluding tert-OH is 1. The van der Waals surface area contributed by atoms with E-state index in [9.17, 15) is 29.4 Å². The lowest BCUT2D eigenvalue weighted by Crippen LogP contribution is -2.64. The summed E-state index contributed by atoms with van der Waals surface area (Å²) in [6, 6.07) is 7.15. The third-order valence-corrected chi connectivity index (χ3v) is 4.32. The number of hydrogen-bond acceptors (Lipinski definition) is 7. The SMILES string of the molecule is N[C@@](CO)(C(=O)N[C@@H](CCC(=O)CBr)C(=O)O)C(=O)OCc1ccccc1. The van der Waals surface area contributed by atoms with Gasteiger partial charge in [-0.25, -0.2) is 9.59 Å². The number of alkyl halides is 1. The first-order chi connectivity index (χ1) is 12.7. The summed E-state index contributed by atoms with van der Waals surface area (Å²) in [5.74, 6) is -4.06. The van der Waals surface area contributed by atoms with E-state index in [0.29, 0.717) is 5.56 Å². The molecule has 0 unspecified atom stereocenters. The first-order valence-corrected chi connectivity index (χ1v) is 9.09. The number of ether oxygens (including phenoxy) is 1. The van der Waals surface area contributed by atoms with Gasteiger partial charge in [0.1, 0.15) is 18.4 Å². The van der Waals surface area contributed by atoms with Gasteiger partial charge in [0.15, 0.2) is 0 Å². The van der Waals surface area contributed by atoms with Crippen LogP contribution >= 0.6 is 15.9 Å². The van der Waals surface area contributed by atoms with E-state index >= 15 is 0 Å². The van der Waals surface area contributed by atoms with Crippen LogP contribution < -0.4 is 11.1 Å². The lowest BCUT2D eigenvalue weighted by atomic mass is 10.00. The Balaban J connectivity index is 2.76. The summed E-state index contributed by atoms with van der Waals surface area (Å²) < 4.78 is 4.97. The van der Waals surface area contributed by atoms with Crippen LogP contribution in [0.15, 0.2) is 30.3 Å². The number of rotatable bonds is 11. The number of halogens is 1. The zero-order chi connectivity index (χ0) is 20.4. The maximum atomic E-state index is 12.3. The fraction of sp³-hybridized carbons (Fsp3) is 0.412. The summed E-state index contributed by atoms with van der Waals surface area (Å²) in [4.78, 5) is 47.1. The summed E-state index contributed by atoms with van der Waals surface area (Å²) >= 11 is 2.95. The number of hydrogen-bond donors (Lipinski definition) is 4. The van der Waals surface area contributed by atoms with Crippen LogP contribution in [0.5, 0.6) is 0 Å². The highest BCUT2D eigenvalue weighted by atomic mass is 79.9. The lowest BCUT2D eigenvalue weighted by molar-refractivity contribution is -0.159. The Morgan fingerprint density at radius 3 is 2.37 bits per heavy atom. The largest absolute Gasteiger partial charge is 0.480 e. The fourth-order valence-corrected chi connectivity index (χ4v) is 2.28. The Labute approximate surface area is 164 Å². The molecule has 1 aromatic rings. The van der Waals surface area contributed by atoms with E-state index in [2.05, 4.69) is 21.2 Å². The molecule has 0 aliphatic carbocycles. The maximum Gasteiger partial charge on any atom is 0.338 e.